The first-order valence-electron chi connectivity index (χ1n) is 7.98. The summed E-state index contributed by atoms with van der Waals surface area (Å²) in [6.45, 7) is 0.274. The van der Waals surface area contributed by atoms with Crippen LogP contribution in [0.3, 0.4) is 0 Å². The quantitative estimate of drug-likeness (QED) is 0.555. The lowest BCUT2D eigenvalue weighted by molar-refractivity contribution is -0.137. The SMILES string of the molecule is O=S(=O)(NCCCCOc1c(Cl)cc(O)cc1Cl)c1ccc(C(F)(F)F)cc1. The zero-order valence-electron chi connectivity index (χ0n) is 14.3. The Bertz CT molecular complexity index is 896. The number of ether oxygens (including phenoxy) is 1. The van der Waals surface area contributed by atoms with Crippen molar-refractivity contribution in [3.05, 3.63) is 52.0 Å². The lowest BCUT2D eigenvalue weighted by Crippen LogP contribution is -2.25. The van der Waals surface area contributed by atoms with Gasteiger partial charge in [-0.15, -0.1) is 0 Å². The molecule has 2 aromatic rings. The van der Waals surface area contributed by atoms with Crippen molar-refractivity contribution in [1.82, 2.24) is 4.72 Å². The minimum atomic E-state index is -4.53. The molecule has 0 atom stereocenters. The van der Waals surface area contributed by atoms with Crippen molar-refractivity contribution >= 4 is 33.2 Å². The van der Waals surface area contributed by atoms with Gasteiger partial charge in [-0.1, -0.05) is 23.2 Å². The molecule has 2 aromatic carbocycles. The molecule has 0 amide bonds. The fourth-order valence-electron chi connectivity index (χ4n) is 2.20. The lowest BCUT2D eigenvalue weighted by atomic mass is 10.2. The summed E-state index contributed by atoms with van der Waals surface area (Å²) in [6.07, 6.45) is -3.66. The Balaban J connectivity index is 1.80. The number of nitrogens with one attached hydrogen (secondary N) is 1. The van der Waals surface area contributed by atoms with Gasteiger partial charge in [-0.25, -0.2) is 13.1 Å². The molecule has 5 nitrogen and oxygen atoms in total. The normalized spacial score (nSPS) is 12.2. The zero-order chi connectivity index (χ0) is 20.9. The van der Waals surface area contributed by atoms with Gasteiger partial charge >= 0.3 is 6.18 Å². The molecule has 154 valence electrons. The Kier molecular flexibility index (Phi) is 7.44. The van der Waals surface area contributed by atoms with E-state index in [0.717, 1.165) is 12.1 Å². The van der Waals surface area contributed by atoms with E-state index in [1.54, 1.807) is 0 Å². The maximum Gasteiger partial charge on any atom is 0.416 e. The Morgan fingerprint density at radius 2 is 1.61 bits per heavy atom. The van der Waals surface area contributed by atoms with Crippen molar-refractivity contribution in [2.24, 2.45) is 0 Å². The van der Waals surface area contributed by atoms with Gasteiger partial charge in [-0.3, -0.25) is 0 Å². The second-order valence-electron chi connectivity index (χ2n) is 5.71. The molecule has 11 heteroatoms. The largest absolute Gasteiger partial charge is 0.508 e. The first-order valence-corrected chi connectivity index (χ1v) is 10.2. The van der Waals surface area contributed by atoms with Gasteiger partial charge in [0, 0.05) is 18.7 Å². The number of hydrogen-bond donors (Lipinski definition) is 2. The number of alkyl halides is 3. The molecule has 0 radical (unpaired) electrons. The first kappa shape index (κ1) is 22.6. The molecule has 0 spiro atoms. The highest BCUT2D eigenvalue weighted by Gasteiger charge is 2.30. The number of rotatable bonds is 8. The molecule has 2 N–H and O–H groups in total. The average molecular weight is 458 g/mol. The van der Waals surface area contributed by atoms with Crippen molar-refractivity contribution < 1.29 is 31.4 Å². The molecule has 0 heterocycles. The zero-order valence-corrected chi connectivity index (χ0v) is 16.6. The van der Waals surface area contributed by atoms with E-state index < -0.39 is 21.8 Å². The average Bonchev–Trinajstić information content (AvgIpc) is 2.59. The number of sulfonamides is 1. The Morgan fingerprint density at radius 3 is 2.14 bits per heavy atom. The molecule has 0 saturated carbocycles. The summed E-state index contributed by atoms with van der Waals surface area (Å²) in [7, 11) is -3.91. The minimum Gasteiger partial charge on any atom is -0.508 e. The van der Waals surface area contributed by atoms with Crippen molar-refractivity contribution in [2.45, 2.75) is 23.9 Å². The minimum absolute atomic E-state index is 0.0732. The highest BCUT2D eigenvalue weighted by atomic mass is 35.5. The van der Waals surface area contributed by atoms with Crippen LogP contribution in [-0.2, 0) is 16.2 Å². The van der Waals surface area contributed by atoms with Gasteiger partial charge in [0.05, 0.1) is 27.1 Å². The number of halogens is 5. The summed E-state index contributed by atoms with van der Waals surface area (Å²) in [5.41, 5.74) is -0.921. The third kappa shape index (κ3) is 6.16. The van der Waals surface area contributed by atoms with Gasteiger partial charge in [-0.2, -0.15) is 13.2 Å². The highest BCUT2D eigenvalue weighted by molar-refractivity contribution is 7.89. The number of aromatic hydroxyl groups is 1. The maximum absolute atomic E-state index is 12.5. The number of benzene rings is 2. The summed E-state index contributed by atoms with van der Waals surface area (Å²) in [5.74, 6) is 0.117. The van der Waals surface area contributed by atoms with Gasteiger partial charge < -0.3 is 9.84 Å². The molecular formula is C17H16Cl2F3NO4S. The standard InChI is InChI=1S/C17H16Cl2F3NO4S/c18-14-9-12(24)10-15(19)16(14)27-8-2-1-7-23-28(25,26)13-5-3-11(4-6-13)17(20,21)22/h3-6,9-10,23-24H,1-2,7-8H2. The molecule has 28 heavy (non-hydrogen) atoms. The van der Waals surface area contributed by atoms with E-state index in [1.807, 2.05) is 0 Å². The van der Waals surface area contributed by atoms with Crippen LogP contribution >= 0.6 is 23.2 Å². The number of phenolic OH excluding ortho intramolecular Hbond substituents is 1. The van der Waals surface area contributed by atoms with E-state index >= 15 is 0 Å². The van der Waals surface area contributed by atoms with Crippen LogP contribution in [0.2, 0.25) is 10.0 Å². The second kappa shape index (κ2) is 9.21. The molecule has 0 saturated heterocycles. The predicted octanol–water partition coefficient (Wildman–Crippen LogP) is 4.86. The van der Waals surface area contributed by atoms with Crippen LogP contribution in [0.15, 0.2) is 41.3 Å². The van der Waals surface area contributed by atoms with Crippen LogP contribution in [0.1, 0.15) is 18.4 Å². The molecule has 2 rings (SSSR count). The summed E-state index contributed by atoms with van der Waals surface area (Å²) >= 11 is 11.8. The summed E-state index contributed by atoms with van der Waals surface area (Å²) < 4.78 is 69.5. The molecule has 0 bridgehead atoms. The molecule has 0 aromatic heterocycles. The van der Waals surface area contributed by atoms with Crippen molar-refractivity contribution in [1.29, 1.82) is 0 Å². The van der Waals surface area contributed by atoms with Gasteiger partial charge in [0.1, 0.15) is 5.75 Å². The Morgan fingerprint density at radius 1 is 1.04 bits per heavy atom. The third-order valence-electron chi connectivity index (χ3n) is 3.58. The molecule has 0 aliphatic rings. The lowest BCUT2D eigenvalue weighted by Gasteiger charge is -2.11. The summed E-state index contributed by atoms with van der Waals surface area (Å²) in [6, 6.07) is 5.80. The molecule has 0 fully saturated rings. The predicted molar refractivity (Wildman–Crippen MR) is 99.5 cm³/mol. The molecule has 0 unspecified atom stereocenters. The van der Waals surface area contributed by atoms with Crippen molar-refractivity contribution in [3.8, 4) is 11.5 Å². The highest BCUT2D eigenvalue weighted by Crippen LogP contribution is 2.36. The number of unbranched alkanes of at least 4 members (excludes halogenated alkanes) is 1. The summed E-state index contributed by atoms with van der Waals surface area (Å²) in [4.78, 5) is -0.251. The van der Waals surface area contributed by atoms with E-state index in [-0.39, 0.29) is 39.6 Å². The van der Waals surface area contributed by atoms with Crippen LogP contribution < -0.4 is 9.46 Å². The molecule has 0 aliphatic heterocycles. The van der Waals surface area contributed by atoms with Crippen LogP contribution in [0.25, 0.3) is 0 Å². The summed E-state index contributed by atoms with van der Waals surface area (Å²) in [5, 5.41) is 9.63. The maximum atomic E-state index is 12.5. The third-order valence-corrected chi connectivity index (χ3v) is 5.62. The van der Waals surface area contributed by atoms with E-state index in [2.05, 4.69) is 4.72 Å². The second-order valence-corrected chi connectivity index (χ2v) is 8.30. The first-order chi connectivity index (χ1) is 13.0. The van der Waals surface area contributed by atoms with E-state index in [4.69, 9.17) is 27.9 Å². The van der Waals surface area contributed by atoms with Crippen molar-refractivity contribution in [2.75, 3.05) is 13.2 Å². The van der Waals surface area contributed by atoms with Crippen LogP contribution in [0.5, 0.6) is 11.5 Å². The van der Waals surface area contributed by atoms with Gasteiger partial charge in [0.15, 0.2) is 5.75 Å². The van der Waals surface area contributed by atoms with Gasteiger partial charge in [0.25, 0.3) is 0 Å². The smallest absolute Gasteiger partial charge is 0.416 e. The fourth-order valence-corrected chi connectivity index (χ4v) is 3.86. The Hall–Kier alpha value is -1.68. The van der Waals surface area contributed by atoms with Crippen LogP contribution in [-0.4, -0.2) is 26.7 Å². The molecular weight excluding hydrogens is 442 g/mol. The molecule has 0 aliphatic carbocycles. The Labute approximate surface area is 170 Å². The number of phenols is 1. The van der Waals surface area contributed by atoms with Gasteiger partial charge in [-0.05, 0) is 37.1 Å². The fraction of sp³-hybridized carbons (Fsp3) is 0.294. The number of hydrogen-bond acceptors (Lipinski definition) is 4. The van der Waals surface area contributed by atoms with Gasteiger partial charge in [0.2, 0.25) is 10.0 Å². The monoisotopic (exact) mass is 457 g/mol. The topological polar surface area (TPSA) is 75.6 Å². The van der Waals surface area contributed by atoms with Crippen LogP contribution in [0.4, 0.5) is 13.2 Å². The van der Waals surface area contributed by atoms with Crippen molar-refractivity contribution in [3.63, 3.8) is 0 Å². The van der Waals surface area contributed by atoms with Crippen LogP contribution in [0, 0.1) is 0 Å². The van der Waals surface area contributed by atoms with E-state index in [0.29, 0.717) is 25.0 Å². The van der Waals surface area contributed by atoms with E-state index in [9.17, 15) is 26.7 Å². The van der Waals surface area contributed by atoms with E-state index in [1.165, 1.54) is 12.1 Å².